The van der Waals surface area contributed by atoms with Crippen molar-refractivity contribution in [1.29, 1.82) is 0 Å². The molecule has 0 bridgehead atoms. The zero-order chi connectivity index (χ0) is 12.2. The van der Waals surface area contributed by atoms with E-state index >= 15 is 0 Å². The first-order chi connectivity index (χ1) is 5.89. The van der Waals surface area contributed by atoms with Crippen molar-refractivity contribution in [1.82, 2.24) is 0 Å². The first-order valence-electron chi connectivity index (χ1n) is 2.49. The Morgan fingerprint density at radius 2 is 0.867 bits per heavy atom. The van der Waals surface area contributed by atoms with Crippen LogP contribution in [0, 0.1) is 0 Å². The molecule has 0 rings (SSSR count). The van der Waals surface area contributed by atoms with E-state index in [2.05, 4.69) is 0 Å². The fraction of sp³-hybridized carbons (Fsp3) is 0.500. The first-order valence-corrected chi connectivity index (χ1v) is 2.49. The van der Waals surface area contributed by atoms with Crippen LogP contribution < -0.4 is 29.6 Å². The molecule has 4 nitrogen and oxygen atoms in total. The zero-order valence-corrected chi connectivity index (χ0v) is 8.98. The van der Waals surface area contributed by atoms with E-state index in [1.807, 2.05) is 0 Å². The minimum atomic E-state index is -5.08. The summed E-state index contributed by atoms with van der Waals surface area (Å²) in [6.07, 6.45) is -10.2. The molecule has 2 N–H and O–H groups in total. The van der Waals surface area contributed by atoms with Crippen molar-refractivity contribution in [2.24, 2.45) is 0 Å². The molecule has 0 aromatic carbocycles. The van der Waals surface area contributed by atoms with Gasteiger partial charge in [-0.25, -0.2) is 9.59 Å². The van der Waals surface area contributed by atoms with Crippen LogP contribution in [0.1, 0.15) is 1.43 Å². The van der Waals surface area contributed by atoms with Crippen LogP contribution in [-0.4, -0.2) is 34.5 Å². The normalized spacial score (nSPS) is 10.5. The van der Waals surface area contributed by atoms with Gasteiger partial charge in [0.1, 0.15) is 0 Å². The van der Waals surface area contributed by atoms with Crippen molar-refractivity contribution in [2.75, 3.05) is 0 Å². The minimum absolute atomic E-state index is 0. The Bertz CT molecular complexity index is 202. The fourth-order valence-corrected chi connectivity index (χ4v) is 0. The number of carboxylic acid groups (broad SMARTS) is 2. The van der Waals surface area contributed by atoms with Gasteiger partial charge < -0.3 is 11.6 Å². The molecular formula is C4H3F6NaO4. The van der Waals surface area contributed by atoms with Crippen LogP contribution in [0.3, 0.4) is 0 Å². The van der Waals surface area contributed by atoms with Crippen LogP contribution in [0.2, 0.25) is 0 Å². The summed E-state index contributed by atoms with van der Waals surface area (Å²) in [4.78, 5) is 17.8. The van der Waals surface area contributed by atoms with Crippen LogP contribution in [0.4, 0.5) is 26.3 Å². The van der Waals surface area contributed by atoms with E-state index in [4.69, 9.17) is 19.8 Å². The molecule has 0 aliphatic heterocycles. The summed E-state index contributed by atoms with van der Waals surface area (Å²) in [5.41, 5.74) is 0. The van der Waals surface area contributed by atoms with Crippen molar-refractivity contribution in [2.45, 2.75) is 12.4 Å². The van der Waals surface area contributed by atoms with Crippen LogP contribution in [-0.2, 0) is 9.59 Å². The second-order valence-electron chi connectivity index (χ2n) is 1.61. The number of carboxylic acids is 2. The van der Waals surface area contributed by atoms with Gasteiger partial charge in [0.2, 0.25) is 0 Å². The molecule has 0 heterocycles. The minimum Gasteiger partial charge on any atom is -1.00 e. The number of aliphatic carboxylic acids is 2. The molecule has 0 aromatic heterocycles. The van der Waals surface area contributed by atoms with Crippen molar-refractivity contribution in [3.8, 4) is 0 Å². The van der Waals surface area contributed by atoms with Crippen LogP contribution in [0.25, 0.3) is 0 Å². The number of carbonyl (C=O) groups is 2. The van der Waals surface area contributed by atoms with Crippen molar-refractivity contribution in [3.05, 3.63) is 0 Å². The summed E-state index contributed by atoms with van der Waals surface area (Å²) in [6.45, 7) is 0. The van der Waals surface area contributed by atoms with Crippen LogP contribution in [0.15, 0.2) is 0 Å². The van der Waals surface area contributed by atoms with Gasteiger partial charge in [-0.15, -0.1) is 0 Å². The van der Waals surface area contributed by atoms with E-state index in [0.717, 1.165) is 0 Å². The summed E-state index contributed by atoms with van der Waals surface area (Å²) >= 11 is 0. The molecule has 0 fully saturated rings. The van der Waals surface area contributed by atoms with Crippen LogP contribution in [0.5, 0.6) is 0 Å². The van der Waals surface area contributed by atoms with Crippen molar-refractivity contribution in [3.63, 3.8) is 0 Å². The second-order valence-corrected chi connectivity index (χ2v) is 1.61. The maximum Gasteiger partial charge on any atom is 1.00 e. The molecule has 0 saturated heterocycles. The van der Waals surface area contributed by atoms with Gasteiger partial charge in [0.15, 0.2) is 0 Å². The van der Waals surface area contributed by atoms with Gasteiger partial charge in [0.05, 0.1) is 0 Å². The van der Waals surface area contributed by atoms with Gasteiger partial charge in [-0.2, -0.15) is 26.3 Å². The van der Waals surface area contributed by atoms with E-state index < -0.39 is 24.3 Å². The third-order valence-electron chi connectivity index (χ3n) is 0.485. The Morgan fingerprint density at radius 3 is 0.867 bits per heavy atom. The molecule has 0 radical (unpaired) electrons. The van der Waals surface area contributed by atoms with E-state index in [1.165, 1.54) is 0 Å². The summed E-state index contributed by atoms with van der Waals surface area (Å²) in [6, 6.07) is 0. The third kappa shape index (κ3) is 13.5. The number of rotatable bonds is 0. The summed E-state index contributed by atoms with van der Waals surface area (Å²) in [5, 5.41) is 14.2. The molecule has 0 amide bonds. The Hall–Kier alpha value is -0.480. The van der Waals surface area contributed by atoms with E-state index in [-0.39, 0.29) is 31.0 Å². The molecule has 0 saturated carbocycles. The summed E-state index contributed by atoms with van der Waals surface area (Å²) < 4.78 is 63.5. The average molecular weight is 252 g/mol. The molecule has 0 unspecified atom stereocenters. The van der Waals surface area contributed by atoms with Crippen molar-refractivity contribution >= 4 is 11.9 Å². The predicted molar refractivity (Wildman–Crippen MR) is 28.5 cm³/mol. The molecule has 0 aromatic rings. The smallest absolute Gasteiger partial charge is 1.00 e. The van der Waals surface area contributed by atoms with E-state index in [1.54, 1.807) is 0 Å². The molecule has 15 heavy (non-hydrogen) atoms. The molecule has 11 heteroatoms. The monoisotopic (exact) mass is 252 g/mol. The van der Waals surface area contributed by atoms with Gasteiger partial charge in [-0.1, -0.05) is 0 Å². The predicted octanol–water partition coefficient (Wildman–Crippen LogP) is -1.62. The van der Waals surface area contributed by atoms with Gasteiger partial charge in [0.25, 0.3) is 0 Å². The maximum absolute atomic E-state index is 10.6. The molecular weight excluding hydrogens is 249 g/mol. The third-order valence-corrected chi connectivity index (χ3v) is 0.485. The number of halogens is 6. The second kappa shape index (κ2) is 6.90. The molecule has 86 valence electrons. The molecule has 0 spiro atoms. The molecule has 0 atom stereocenters. The maximum atomic E-state index is 10.6. The molecule has 0 aliphatic carbocycles. The van der Waals surface area contributed by atoms with E-state index in [0.29, 0.717) is 0 Å². The Kier molecular flexibility index (Phi) is 9.21. The Balaban J connectivity index is -0.0000000800. The Labute approximate surface area is 102 Å². The molecule has 0 aliphatic rings. The fourth-order valence-electron chi connectivity index (χ4n) is 0. The zero-order valence-electron chi connectivity index (χ0n) is 7.98. The largest absolute Gasteiger partial charge is 1.00 e. The Morgan fingerprint density at radius 1 is 0.800 bits per heavy atom. The first kappa shape index (κ1) is 20.0. The van der Waals surface area contributed by atoms with Gasteiger partial charge in [-0.3, -0.25) is 0 Å². The standard InChI is InChI=1S/2C2HF3O2.Na.H/c2*3-2(4,5)1(6)7;;/h2*(H,6,7);;/q;;+1;-1. The van der Waals surface area contributed by atoms with E-state index in [9.17, 15) is 26.3 Å². The average Bonchev–Trinajstić information content (AvgIpc) is 1.83. The number of alkyl halides is 6. The SMILES string of the molecule is O=C(O)C(F)(F)F.O=C(O)C(F)(F)F.[H-].[Na+]. The number of hydrogen-bond acceptors (Lipinski definition) is 2. The topological polar surface area (TPSA) is 74.6 Å². The summed E-state index contributed by atoms with van der Waals surface area (Å²) in [5.74, 6) is -5.51. The summed E-state index contributed by atoms with van der Waals surface area (Å²) in [7, 11) is 0. The quantitative estimate of drug-likeness (QED) is 0.401. The van der Waals surface area contributed by atoms with Gasteiger partial charge in [-0.05, 0) is 0 Å². The number of hydrogen-bond donors (Lipinski definition) is 2. The van der Waals surface area contributed by atoms with Gasteiger partial charge >= 0.3 is 53.8 Å². The van der Waals surface area contributed by atoms with Gasteiger partial charge in [0, 0.05) is 0 Å². The van der Waals surface area contributed by atoms with Crippen LogP contribution >= 0.6 is 0 Å². The van der Waals surface area contributed by atoms with Crippen molar-refractivity contribution < 1.29 is 77.1 Å².